The molecule has 0 heterocycles. The van der Waals surface area contributed by atoms with Gasteiger partial charge in [0.25, 0.3) is 0 Å². The summed E-state index contributed by atoms with van der Waals surface area (Å²) in [6.45, 7) is 12.1. The van der Waals surface area contributed by atoms with Crippen LogP contribution in [0.1, 0.15) is 43.5 Å². The fourth-order valence-electron chi connectivity index (χ4n) is 2.10. The molecule has 0 aliphatic carbocycles. The van der Waals surface area contributed by atoms with E-state index < -0.39 is 0 Å². The maximum absolute atomic E-state index is 3.56. The third-order valence-electron chi connectivity index (χ3n) is 2.85. The average molecular weight is 205 g/mol. The average Bonchev–Trinajstić information content (AvgIpc) is 2.15. The second-order valence-corrected chi connectivity index (χ2v) is 4.64. The Morgan fingerprint density at radius 1 is 1.20 bits per heavy atom. The van der Waals surface area contributed by atoms with Gasteiger partial charge in [-0.15, -0.1) is 0 Å². The topological polar surface area (TPSA) is 12.0 Å². The van der Waals surface area contributed by atoms with Crippen molar-refractivity contribution in [2.24, 2.45) is 5.92 Å². The largest absolute Gasteiger partial charge is 0.310 e. The third-order valence-corrected chi connectivity index (χ3v) is 2.85. The Kier molecular flexibility index (Phi) is 4.34. The zero-order valence-corrected chi connectivity index (χ0v) is 10.6. The monoisotopic (exact) mass is 205 g/mol. The van der Waals surface area contributed by atoms with Crippen LogP contribution in [0.5, 0.6) is 0 Å². The molecule has 0 saturated carbocycles. The van der Waals surface area contributed by atoms with E-state index in [1.165, 1.54) is 16.7 Å². The molecule has 15 heavy (non-hydrogen) atoms. The van der Waals surface area contributed by atoms with Gasteiger partial charge in [0, 0.05) is 6.04 Å². The van der Waals surface area contributed by atoms with E-state index in [0.717, 1.165) is 6.54 Å². The van der Waals surface area contributed by atoms with Crippen molar-refractivity contribution in [2.45, 2.75) is 40.7 Å². The summed E-state index contributed by atoms with van der Waals surface area (Å²) >= 11 is 0. The molecule has 1 nitrogen and oxygen atoms in total. The minimum Gasteiger partial charge on any atom is -0.310 e. The maximum atomic E-state index is 3.56. The van der Waals surface area contributed by atoms with E-state index in [-0.39, 0.29) is 0 Å². The second-order valence-electron chi connectivity index (χ2n) is 4.64. The molecule has 0 saturated heterocycles. The Labute approximate surface area is 93.9 Å². The van der Waals surface area contributed by atoms with Gasteiger partial charge in [-0.05, 0) is 37.4 Å². The van der Waals surface area contributed by atoms with Gasteiger partial charge in [0.15, 0.2) is 0 Å². The highest BCUT2D eigenvalue weighted by Crippen LogP contribution is 2.25. The zero-order valence-electron chi connectivity index (χ0n) is 10.6. The summed E-state index contributed by atoms with van der Waals surface area (Å²) in [5, 5.41) is 3.56. The summed E-state index contributed by atoms with van der Waals surface area (Å²) in [6.07, 6.45) is 0. The summed E-state index contributed by atoms with van der Waals surface area (Å²) in [5.74, 6) is 0.631. The van der Waals surface area contributed by atoms with Crippen molar-refractivity contribution < 1.29 is 0 Å². The van der Waals surface area contributed by atoms with Gasteiger partial charge in [-0.3, -0.25) is 0 Å². The van der Waals surface area contributed by atoms with Gasteiger partial charge in [-0.1, -0.05) is 44.5 Å². The zero-order chi connectivity index (χ0) is 11.4. The van der Waals surface area contributed by atoms with Crippen LogP contribution in [-0.2, 0) is 0 Å². The van der Waals surface area contributed by atoms with Crippen LogP contribution in [0.3, 0.4) is 0 Å². The van der Waals surface area contributed by atoms with Gasteiger partial charge >= 0.3 is 0 Å². The number of aryl methyl sites for hydroxylation is 2. The first-order chi connectivity index (χ1) is 7.06. The summed E-state index contributed by atoms with van der Waals surface area (Å²) in [6, 6.07) is 7.21. The van der Waals surface area contributed by atoms with E-state index in [0.29, 0.717) is 12.0 Å². The normalized spacial score (nSPS) is 13.2. The summed E-state index contributed by atoms with van der Waals surface area (Å²) in [5.41, 5.74) is 4.18. The molecule has 0 fully saturated rings. The molecule has 0 aromatic heterocycles. The number of nitrogens with one attached hydrogen (secondary N) is 1. The van der Waals surface area contributed by atoms with Crippen LogP contribution in [0, 0.1) is 19.8 Å². The van der Waals surface area contributed by atoms with E-state index in [2.05, 4.69) is 58.1 Å². The first-order valence-electron chi connectivity index (χ1n) is 5.86. The molecule has 0 aliphatic rings. The lowest BCUT2D eigenvalue weighted by Crippen LogP contribution is -2.26. The van der Waals surface area contributed by atoms with Crippen molar-refractivity contribution in [3.05, 3.63) is 34.9 Å². The number of benzene rings is 1. The predicted molar refractivity (Wildman–Crippen MR) is 67.2 cm³/mol. The molecule has 1 aromatic rings. The Bertz CT molecular complexity index is 315. The molecule has 0 spiro atoms. The number of hydrogen-bond donors (Lipinski definition) is 1. The molecule has 0 aliphatic heterocycles. The van der Waals surface area contributed by atoms with Crippen LogP contribution in [0.15, 0.2) is 18.2 Å². The van der Waals surface area contributed by atoms with E-state index in [9.17, 15) is 0 Å². The fourth-order valence-corrected chi connectivity index (χ4v) is 2.10. The lowest BCUT2D eigenvalue weighted by Gasteiger charge is -2.24. The molecule has 0 radical (unpaired) electrons. The van der Waals surface area contributed by atoms with Crippen molar-refractivity contribution in [1.29, 1.82) is 0 Å². The summed E-state index contributed by atoms with van der Waals surface area (Å²) in [4.78, 5) is 0. The molecular formula is C14H23N. The quantitative estimate of drug-likeness (QED) is 0.791. The maximum Gasteiger partial charge on any atom is 0.0345 e. The van der Waals surface area contributed by atoms with Gasteiger partial charge in [0.05, 0.1) is 0 Å². The SMILES string of the molecule is CCNC(c1ccc(C)cc1C)C(C)C. The Hall–Kier alpha value is -0.820. The molecule has 1 heteroatoms. The molecule has 0 amide bonds. The van der Waals surface area contributed by atoms with Gasteiger partial charge in [-0.2, -0.15) is 0 Å². The smallest absolute Gasteiger partial charge is 0.0345 e. The van der Waals surface area contributed by atoms with Crippen molar-refractivity contribution in [3.8, 4) is 0 Å². The van der Waals surface area contributed by atoms with Crippen molar-refractivity contribution in [2.75, 3.05) is 6.54 Å². The Morgan fingerprint density at radius 3 is 2.33 bits per heavy atom. The lowest BCUT2D eigenvalue weighted by molar-refractivity contribution is 0.420. The van der Waals surface area contributed by atoms with Crippen molar-refractivity contribution >= 4 is 0 Å². The summed E-state index contributed by atoms with van der Waals surface area (Å²) in [7, 11) is 0. The van der Waals surface area contributed by atoms with E-state index >= 15 is 0 Å². The van der Waals surface area contributed by atoms with Gasteiger partial charge in [0.1, 0.15) is 0 Å². The number of hydrogen-bond acceptors (Lipinski definition) is 1. The molecule has 1 aromatic carbocycles. The van der Waals surface area contributed by atoms with Crippen LogP contribution in [-0.4, -0.2) is 6.54 Å². The molecule has 1 rings (SSSR count). The summed E-state index contributed by atoms with van der Waals surface area (Å²) < 4.78 is 0. The van der Waals surface area contributed by atoms with Crippen LogP contribution in [0.4, 0.5) is 0 Å². The molecule has 1 unspecified atom stereocenters. The third kappa shape index (κ3) is 3.07. The standard InChI is InChI=1S/C14H23N/c1-6-15-14(10(2)3)13-8-7-11(4)9-12(13)5/h7-10,14-15H,6H2,1-5H3. The van der Waals surface area contributed by atoms with Crippen LogP contribution >= 0.6 is 0 Å². The van der Waals surface area contributed by atoms with Crippen molar-refractivity contribution in [3.63, 3.8) is 0 Å². The highest BCUT2D eigenvalue weighted by Gasteiger charge is 2.15. The predicted octanol–water partition coefficient (Wildman–Crippen LogP) is 3.61. The molecule has 84 valence electrons. The van der Waals surface area contributed by atoms with E-state index in [1.54, 1.807) is 0 Å². The van der Waals surface area contributed by atoms with E-state index in [4.69, 9.17) is 0 Å². The lowest BCUT2D eigenvalue weighted by atomic mass is 9.92. The molecular weight excluding hydrogens is 182 g/mol. The highest BCUT2D eigenvalue weighted by atomic mass is 14.9. The first-order valence-corrected chi connectivity index (χ1v) is 5.86. The number of rotatable bonds is 4. The van der Waals surface area contributed by atoms with Gasteiger partial charge < -0.3 is 5.32 Å². The molecule has 0 bridgehead atoms. The van der Waals surface area contributed by atoms with Gasteiger partial charge in [-0.25, -0.2) is 0 Å². The van der Waals surface area contributed by atoms with Crippen LogP contribution < -0.4 is 5.32 Å². The highest BCUT2D eigenvalue weighted by molar-refractivity contribution is 5.33. The molecule has 1 N–H and O–H groups in total. The van der Waals surface area contributed by atoms with Crippen LogP contribution in [0.2, 0.25) is 0 Å². The second kappa shape index (κ2) is 5.32. The minimum absolute atomic E-state index is 0.482. The molecule has 1 atom stereocenters. The Morgan fingerprint density at radius 2 is 1.87 bits per heavy atom. The Balaban J connectivity index is 3.00. The van der Waals surface area contributed by atoms with Gasteiger partial charge in [0.2, 0.25) is 0 Å². The first kappa shape index (κ1) is 12.3. The minimum atomic E-state index is 0.482. The fraction of sp³-hybridized carbons (Fsp3) is 0.571. The van der Waals surface area contributed by atoms with E-state index in [1.807, 2.05) is 0 Å². The van der Waals surface area contributed by atoms with Crippen LogP contribution in [0.25, 0.3) is 0 Å². The van der Waals surface area contributed by atoms with Crippen molar-refractivity contribution in [1.82, 2.24) is 5.32 Å².